The Bertz CT molecular complexity index is 384. The van der Waals surface area contributed by atoms with Crippen molar-refractivity contribution in [3.63, 3.8) is 0 Å². The minimum absolute atomic E-state index is 0.320. The van der Waals surface area contributed by atoms with Crippen molar-refractivity contribution >= 4 is 5.82 Å². The molecule has 0 aromatic carbocycles. The summed E-state index contributed by atoms with van der Waals surface area (Å²) in [5.74, 6) is -1.43. The fourth-order valence-electron chi connectivity index (χ4n) is 1.03. The van der Waals surface area contributed by atoms with Crippen molar-refractivity contribution in [1.29, 1.82) is 5.26 Å². The number of alkyl halides is 2. The van der Waals surface area contributed by atoms with Crippen LogP contribution in [-0.2, 0) is 6.42 Å². The van der Waals surface area contributed by atoms with E-state index in [9.17, 15) is 13.2 Å². The normalized spacial score (nSPS) is 10.2. The zero-order chi connectivity index (χ0) is 10.7. The largest absolute Gasteiger partial charge is 0.384 e. The predicted octanol–water partition coefficient (Wildman–Crippen LogP) is 1.81. The molecule has 0 unspecified atom stereocenters. The smallest absolute Gasteiger partial charge is 0.264 e. The molecular formula is C8H6F3N3. The van der Waals surface area contributed by atoms with E-state index < -0.39 is 29.9 Å². The first kappa shape index (κ1) is 10.3. The molecule has 0 aliphatic rings. The molecule has 14 heavy (non-hydrogen) atoms. The Balaban J connectivity index is 3.30. The molecule has 74 valence electrons. The van der Waals surface area contributed by atoms with Crippen LogP contribution in [0.5, 0.6) is 0 Å². The van der Waals surface area contributed by atoms with E-state index in [1.54, 1.807) is 6.07 Å². The quantitative estimate of drug-likeness (QED) is 0.742. The highest BCUT2D eigenvalue weighted by Gasteiger charge is 2.18. The third-order valence-electron chi connectivity index (χ3n) is 1.62. The fourth-order valence-corrected chi connectivity index (χ4v) is 1.03. The minimum Gasteiger partial charge on any atom is -0.384 e. The Morgan fingerprint density at radius 1 is 1.57 bits per heavy atom. The van der Waals surface area contributed by atoms with Gasteiger partial charge in [-0.3, -0.25) is 0 Å². The van der Waals surface area contributed by atoms with Gasteiger partial charge in [-0.2, -0.15) is 9.65 Å². The molecule has 0 aliphatic carbocycles. The lowest BCUT2D eigenvalue weighted by Gasteiger charge is -2.07. The van der Waals surface area contributed by atoms with Crippen molar-refractivity contribution in [3.8, 4) is 6.07 Å². The zero-order valence-corrected chi connectivity index (χ0v) is 6.97. The first-order valence-electron chi connectivity index (χ1n) is 3.66. The standard InChI is InChI=1S/C8H6F3N3/c9-7(10)5-3-6(13)14-8(11)4(5)1-2-12/h3,7H,1H2,(H2,13,14). The van der Waals surface area contributed by atoms with Crippen molar-refractivity contribution in [3.05, 3.63) is 23.1 Å². The van der Waals surface area contributed by atoms with Gasteiger partial charge in [-0.15, -0.1) is 0 Å². The molecule has 0 saturated carbocycles. The summed E-state index contributed by atoms with van der Waals surface area (Å²) < 4.78 is 37.7. The van der Waals surface area contributed by atoms with Gasteiger partial charge in [-0.1, -0.05) is 0 Å². The number of halogens is 3. The second-order valence-electron chi connectivity index (χ2n) is 2.54. The summed E-state index contributed by atoms with van der Waals surface area (Å²) in [6.45, 7) is 0. The molecule has 1 heterocycles. The van der Waals surface area contributed by atoms with Crippen molar-refractivity contribution in [2.75, 3.05) is 5.73 Å². The second-order valence-corrected chi connectivity index (χ2v) is 2.54. The van der Waals surface area contributed by atoms with Crippen LogP contribution in [0, 0.1) is 17.3 Å². The molecule has 0 bridgehead atoms. The summed E-state index contributed by atoms with van der Waals surface area (Å²) in [6, 6.07) is 2.46. The molecule has 0 saturated heterocycles. The number of nitrogen functional groups attached to an aromatic ring is 1. The number of hydrogen-bond donors (Lipinski definition) is 1. The molecule has 0 aliphatic heterocycles. The molecule has 2 N–H and O–H groups in total. The SMILES string of the molecule is N#CCc1c(C(F)F)cc(N)nc1F. The maximum Gasteiger partial charge on any atom is 0.264 e. The summed E-state index contributed by atoms with van der Waals surface area (Å²) in [7, 11) is 0. The lowest BCUT2D eigenvalue weighted by molar-refractivity contribution is 0.149. The zero-order valence-electron chi connectivity index (χ0n) is 6.97. The van der Waals surface area contributed by atoms with Crippen LogP contribution in [0.25, 0.3) is 0 Å². The average Bonchev–Trinajstić information content (AvgIpc) is 2.09. The molecule has 0 atom stereocenters. The Hall–Kier alpha value is -1.77. The van der Waals surface area contributed by atoms with Crippen molar-refractivity contribution in [1.82, 2.24) is 4.98 Å². The van der Waals surface area contributed by atoms with Gasteiger partial charge in [0.15, 0.2) is 0 Å². The molecule has 1 aromatic rings. The predicted molar refractivity (Wildman–Crippen MR) is 42.9 cm³/mol. The van der Waals surface area contributed by atoms with Crippen LogP contribution in [0.2, 0.25) is 0 Å². The number of pyridine rings is 1. The van der Waals surface area contributed by atoms with E-state index in [1.807, 2.05) is 0 Å². The number of nitrogens with two attached hydrogens (primary N) is 1. The summed E-state index contributed by atoms with van der Waals surface area (Å²) in [5.41, 5.74) is 4.13. The molecule has 1 rings (SSSR count). The van der Waals surface area contributed by atoms with E-state index in [0.717, 1.165) is 6.07 Å². The van der Waals surface area contributed by atoms with Crippen LogP contribution in [0.4, 0.5) is 19.0 Å². The minimum atomic E-state index is -2.86. The van der Waals surface area contributed by atoms with Gasteiger partial charge < -0.3 is 5.73 Å². The monoisotopic (exact) mass is 201 g/mol. The number of hydrogen-bond acceptors (Lipinski definition) is 3. The van der Waals surface area contributed by atoms with E-state index in [0.29, 0.717) is 0 Å². The summed E-state index contributed by atoms with van der Waals surface area (Å²) in [6.07, 6.45) is -3.31. The Labute approximate surface area is 78.0 Å². The first-order valence-corrected chi connectivity index (χ1v) is 3.66. The molecule has 3 nitrogen and oxygen atoms in total. The summed E-state index contributed by atoms with van der Waals surface area (Å²) >= 11 is 0. The van der Waals surface area contributed by atoms with Gasteiger partial charge >= 0.3 is 0 Å². The van der Waals surface area contributed by atoms with Crippen LogP contribution in [0.15, 0.2) is 6.07 Å². The fraction of sp³-hybridized carbons (Fsp3) is 0.250. The Morgan fingerprint density at radius 3 is 2.71 bits per heavy atom. The second kappa shape index (κ2) is 3.96. The molecule has 0 radical (unpaired) electrons. The van der Waals surface area contributed by atoms with E-state index in [2.05, 4.69) is 4.98 Å². The van der Waals surface area contributed by atoms with E-state index in [4.69, 9.17) is 11.0 Å². The molecule has 6 heteroatoms. The number of nitrogens with zero attached hydrogens (tertiary/aromatic N) is 2. The molecule has 1 aromatic heterocycles. The third-order valence-corrected chi connectivity index (χ3v) is 1.62. The van der Waals surface area contributed by atoms with Crippen LogP contribution in [0.3, 0.4) is 0 Å². The number of anilines is 1. The molecule has 0 spiro atoms. The van der Waals surface area contributed by atoms with Gasteiger partial charge in [0.2, 0.25) is 5.95 Å². The maximum atomic E-state index is 13.0. The van der Waals surface area contributed by atoms with Crippen LogP contribution in [0.1, 0.15) is 17.6 Å². The van der Waals surface area contributed by atoms with Gasteiger partial charge in [-0.25, -0.2) is 13.8 Å². The Morgan fingerprint density at radius 2 is 2.21 bits per heavy atom. The Kier molecular flexibility index (Phi) is 2.92. The van der Waals surface area contributed by atoms with E-state index in [1.165, 1.54) is 0 Å². The van der Waals surface area contributed by atoms with Gasteiger partial charge in [0.25, 0.3) is 6.43 Å². The summed E-state index contributed by atoms with van der Waals surface area (Å²) in [5, 5.41) is 8.30. The highest BCUT2D eigenvalue weighted by atomic mass is 19.3. The first-order chi connectivity index (χ1) is 6.56. The molecule has 0 amide bonds. The van der Waals surface area contributed by atoms with E-state index >= 15 is 0 Å². The van der Waals surface area contributed by atoms with Gasteiger partial charge in [0.05, 0.1) is 12.5 Å². The lowest BCUT2D eigenvalue weighted by Crippen LogP contribution is -2.04. The maximum absolute atomic E-state index is 13.0. The van der Waals surface area contributed by atoms with Crippen LogP contribution < -0.4 is 5.73 Å². The average molecular weight is 201 g/mol. The van der Waals surface area contributed by atoms with Crippen molar-refractivity contribution in [2.24, 2.45) is 0 Å². The highest BCUT2D eigenvalue weighted by Crippen LogP contribution is 2.26. The van der Waals surface area contributed by atoms with Crippen molar-refractivity contribution < 1.29 is 13.2 Å². The molecule has 0 fully saturated rings. The van der Waals surface area contributed by atoms with Gasteiger partial charge in [0.1, 0.15) is 5.82 Å². The highest BCUT2D eigenvalue weighted by molar-refractivity contribution is 5.39. The van der Waals surface area contributed by atoms with Crippen molar-refractivity contribution in [2.45, 2.75) is 12.8 Å². The van der Waals surface area contributed by atoms with Crippen LogP contribution in [-0.4, -0.2) is 4.98 Å². The summed E-state index contributed by atoms with van der Waals surface area (Å²) in [4.78, 5) is 3.16. The molecular weight excluding hydrogens is 195 g/mol. The van der Waals surface area contributed by atoms with E-state index in [-0.39, 0.29) is 5.82 Å². The van der Waals surface area contributed by atoms with Crippen LogP contribution >= 0.6 is 0 Å². The third kappa shape index (κ3) is 1.93. The number of rotatable bonds is 2. The number of nitriles is 1. The number of aromatic nitrogens is 1. The van der Waals surface area contributed by atoms with Gasteiger partial charge in [0, 0.05) is 11.1 Å². The lowest BCUT2D eigenvalue weighted by atomic mass is 10.1. The topological polar surface area (TPSA) is 62.7 Å². The van der Waals surface area contributed by atoms with Gasteiger partial charge in [-0.05, 0) is 6.07 Å².